The van der Waals surface area contributed by atoms with Gasteiger partial charge in [0.05, 0.1) is 5.69 Å². The van der Waals surface area contributed by atoms with Gasteiger partial charge in [0.25, 0.3) is 5.91 Å². The molecular formula is C10H11ClN2O2. The van der Waals surface area contributed by atoms with Crippen LogP contribution in [0, 0.1) is 0 Å². The predicted octanol–water partition coefficient (Wildman–Crippen LogP) is 1.31. The van der Waals surface area contributed by atoms with E-state index in [1.807, 2.05) is 6.07 Å². The maximum Gasteiger partial charge on any atom is 0.260 e. The highest BCUT2D eigenvalue weighted by Gasteiger charge is 2.14. The highest BCUT2D eigenvalue weighted by Crippen LogP contribution is 2.11. The van der Waals surface area contributed by atoms with Crippen LogP contribution in [0.2, 0.25) is 0 Å². The zero-order chi connectivity index (χ0) is 11.3. The summed E-state index contributed by atoms with van der Waals surface area (Å²) in [6, 6.07) is 8.78. The third kappa shape index (κ3) is 3.25. The van der Waals surface area contributed by atoms with Gasteiger partial charge in [-0.05, 0) is 12.1 Å². The first kappa shape index (κ1) is 11.5. The van der Waals surface area contributed by atoms with E-state index in [-0.39, 0.29) is 17.7 Å². The summed E-state index contributed by atoms with van der Waals surface area (Å²) in [6.45, 7) is 1.33. The Morgan fingerprint density at radius 3 is 2.40 bits per heavy atom. The molecule has 15 heavy (non-hydrogen) atoms. The van der Waals surface area contributed by atoms with Crippen LogP contribution in [0.5, 0.6) is 0 Å². The van der Waals surface area contributed by atoms with Crippen molar-refractivity contribution in [3.63, 3.8) is 0 Å². The summed E-state index contributed by atoms with van der Waals surface area (Å²) in [6.07, 6.45) is 0. The number of carbonyl (C=O) groups excluding carboxylic acids is 2. The fourth-order valence-corrected chi connectivity index (χ4v) is 1.18. The van der Waals surface area contributed by atoms with Crippen LogP contribution in [0.4, 0.5) is 5.69 Å². The molecule has 80 valence electrons. The molecule has 1 aromatic carbocycles. The second-order valence-corrected chi connectivity index (χ2v) is 3.13. The van der Waals surface area contributed by atoms with Crippen LogP contribution < -0.4 is 10.4 Å². The molecule has 0 atom stereocenters. The highest BCUT2D eigenvalue weighted by atomic mass is 35.5. The first-order valence-corrected chi connectivity index (χ1v) is 4.90. The van der Waals surface area contributed by atoms with Gasteiger partial charge in [0, 0.05) is 6.92 Å². The van der Waals surface area contributed by atoms with Gasteiger partial charge in [0.15, 0.2) is 0 Å². The largest absolute Gasteiger partial charge is 0.274 e. The number of alkyl halides is 1. The summed E-state index contributed by atoms with van der Waals surface area (Å²) in [5.41, 5.74) is 2.99. The monoisotopic (exact) mass is 226 g/mol. The average Bonchev–Trinajstić information content (AvgIpc) is 2.26. The summed E-state index contributed by atoms with van der Waals surface area (Å²) in [5, 5.41) is 1.13. The van der Waals surface area contributed by atoms with E-state index < -0.39 is 0 Å². The molecular weight excluding hydrogens is 216 g/mol. The predicted molar refractivity (Wildman–Crippen MR) is 58.5 cm³/mol. The van der Waals surface area contributed by atoms with Crippen molar-refractivity contribution in [2.75, 3.05) is 10.9 Å². The fourth-order valence-electron chi connectivity index (χ4n) is 1.07. The molecule has 0 spiro atoms. The molecule has 2 amide bonds. The number of para-hydroxylation sites is 1. The number of anilines is 1. The Bertz CT molecular complexity index is 354. The van der Waals surface area contributed by atoms with Crippen molar-refractivity contribution in [2.24, 2.45) is 0 Å². The summed E-state index contributed by atoms with van der Waals surface area (Å²) in [5.74, 6) is -0.884. The van der Waals surface area contributed by atoms with Gasteiger partial charge in [-0.1, -0.05) is 18.2 Å². The van der Waals surface area contributed by atoms with Crippen LogP contribution >= 0.6 is 11.6 Å². The molecule has 1 aromatic rings. The normalized spacial score (nSPS) is 9.47. The quantitative estimate of drug-likeness (QED) is 0.611. The smallest absolute Gasteiger partial charge is 0.260 e. The molecule has 0 heterocycles. The van der Waals surface area contributed by atoms with Crippen LogP contribution in [-0.2, 0) is 9.59 Å². The third-order valence-electron chi connectivity index (χ3n) is 1.65. The highest BCUT2D eigenvalue weighted by molar-refractivity contribution is 6.29. The molecule has 0 aliphatic heterocycles. The molecule has 0 fully saturated rings. The van der Waals surface area contributed by atoms with Crippen molar-refractivity contribution >= 4 is 29.1 Å². The third-order valence-corrected chi connectivity index (χ3v) is 1.88. The van der Waals surface area contributed by atoms with E-state index in [1.54, 1.807) is 24.3 Å². The topological polar surface area (TPSA) is 49.4 Å². The second-order valence-electron chi connectivity index (χ2n) is 2.87. The minimum Gasteiger partial charge on any atom is -0.274 e. The number of carbonyl (C=O) groups is 2. The van der Waals surface area contributed by atoms with Gasteiger partial charge in [-0.15, -0.1) is 11.6 Å². The maximum absolute atomic E-state index is 11.4. The molecule has 0 bridgehead atoms. The molecule has 0 aromatic heterocycles. The van der Waals surface area contributed by atoms with Crippen LogP contribution in [0.15, 0.2) is 30.3 Å². The molecule has 1 N–H and O–H groups in total. The van der Waals surface area contributed by atoms with E-state index in [0.717, 1.165) is 5.01 Å². The first-order valence-electron chi connectivity index (χ1n) is 4.36. The summed E-state index contributed by atoms with van der Waals surface area (Å²) in [7, 11) is 0. The number of nitrogens with one attached hydrogen (secondary N) is 1. The minimum atomic E-state index is -0.377. The van der Waals surface area contributed by atoms with Crippen molar-refractivity contribution in [2.45, 2.75) is 6.92 Å². The van der Waals surface area contributed by atoms with E-state index in [4.69, 9.17) is 11.6 Å². The number of rotatable bonds is 2. The molecule has 0 saturated heterocycles. The van der Waals surface area contributed by atoms with E-state index in [1.165, 1.54) is 6.92 Å². The van der Waals surface area contributed by atoms with Gasteiger partial charge >= 0.3 is 0 Å². The maximum atomic E-state index is 11.4. The Morgan fingerprint density at radius 1 is 1.33 bits per heavy atom. The van der Waals surface area contributed by atoms with E-state index in [0.29, 0.717) is 5.69 Å². The molecule has 1 rings (SSSR count). The lowest BCUT2D eigenvalue weighted by atomic mass is 10.3. The second kappa shape index (κ2) is 5.36. The van der Waals surface area contributed by atoms with E-state index in [2.05, 4.69) is 5.43 Å². The first-order chi connectivity index (χ1) is 7.15. The van der Waals surface area contributed by atoms with Crippen LogP contribution in [-0.4, -0.2) is 17.7 Å². The summed E-state index contributed by atoms with van der Waals surface area (Å²) < 4.78 is 0. The van der Waals surface area contributed by atoms with Crippen molar-refractivity contribution in [1.29, 1.82) is 0 Å². The van der Waals surface area contributed by atoms with Crippen molar-refractivity contribution < 1.29 is 9.59 Å². The Labute approximate surface area is 92.8 Å². The van der Waals surface area contributed by atoms with Gasteiger partial charge in [-0.2, -0.15) is 0 Å². The van der Waals surface area contributed by atoms with Gasteiger partial charge < -0.3 is 0 Å². The lowest BCUT2D eigenvalue weighted by Gasteiger charge is -2.21. The zero-order valence-corrected chi connectivity index (χ0v) is 8.99. The lowest BCUT2D eigenvalue weighted by molar-refractivity contribution is -0.123. The Hall–Kier alpha value is -1.55. The van der Waals surface area contributed by atoms with Crippen LogP contribution in [0.25, 0.3) is 0 Å². The van der Waals surface area contributed by atoms with Crippen LogP contribution in [0.3, 0.4) is 0 Å². The molecule has 0 saturated carbocycles. The van der Waals surface area contributed by atoms with Gasteiger partial charge in [0.1, 0.15) is 5.88 Å². The standard InChI is InChI=1S/C10H11ClN2O2/c1-8(14)12-13(10(15)7-11)9-5-3-2-4-6-9/h2-6H,7H2,1H3,(H,12,14). The molecule has 0 aliphatic carbocycles. The van der Waals surface area contributed by atoms with Crippen LogP contribution in [0.1, 0.15) is 6.92 Å². The van der Waals surface area contributed by atoms with Gasteiger partial charge in [-0.25, -0.2) is 5.01 Å². The van der Waals surface area contributed by atoms with Crippen molar-refractivity contribution in [3.8, 4) is 0 Å². The Balaban J connectivity index is 2.91. The molecule has 4 nitrogen and oxygen atoms in total. The fraction of sp³-hybridized carbons (Fsp3) is 0.200. The average molecular weight is 227 g/mol. The molecule has 0 unspecified atom stereocenters. The number of benzene rings is 1. The van der Waals surface area contributed by atoms with Gasteiger partial charge in [0.2, 0.25) is 5.91 Å². The minimum absolute atomic E-state index is 0.185. The summed E-state index contributed by atoms with van der Waals surface area (Å²) in [4.78, 5) is 22.3. The number of halogens is 1. The Morgan fingerprint density at radius 2 is 1.93 bits per heavy atom. The van der Waals surface area contributed by atoms with Crippen molar-refractivity contribution in [1.82, 2.24) is 5.43 Å². The Kier molecular flexibility index (Phi) is 4.12. The number of nitrogens with zero attached hydrogens (tertiary/aromatic N) is 1. The lowest BCUT2D eigenvalue weighted by Crippen LogP contribution is -2.46. The molecule has 5 heteroatoms. The molecule has 0 radical (unpaired) electrons. The zero-order valence-electron chi connectivity index (χ0n) is 8.24. The van der Waals surface area contributed by atoms with E-state index >= 15 is 0 Å². The number of hydrazine groups is 1. The van der Waals surface area contributed by atoms with Gasteiger partial charge in [-0.3, -0.25) is 15.0 Å². The number of hydrogen-bond acceptors (Lipinski definition) is 2. The number of hydrogen-bond donors (Lipinski definition) is 1. The van der Waals surface area contributed by atoms with E-state index in [9.17, 15) is 9.59 Å². The van der Waals surface area contributed by atoms with Crippen molar-refractivity contribution in [3.05, 3.63) is 30.3 Å². The SMILES string of the molecule is CC(=O)NN(C(=O)CCl)c1ccccc1. The summed E-state index contributed by atoms with van der Waals surface area (Å²) >= 11 is 5.44. The molecule has 0 aliphatic rings. The number of amides is 2.